The third-order valence-corrected chi connectivity index (χ3v) is 3.95. The standard InChI is InChI=1S/C12H23N3O/c1-9-7-10(5-6-15(9)2)14-11-3-4-12(16)13-8-11/h9-11,14H,3-8H2,1-2H3,(H,13,16). The topological polar surface area (TPSA) is 44.4 Å². The summed E-state index contributed by atoms with van der Waals surface area (Å²) in [5, 5.41) is 6.62. The minimum absolute atomic E-state index is 0.204. The van der Waals surface area contributed by atoms with E-state index in [2.05, 4.69) is 29.5 Å². The van der Waals surface area contributed by atoms with Crippen LogP contribution in [-0.4, -0.2) is 49.1 Å². The molecule has 2 heterocycles. The fourth-order valence-corrected chi connectivity index (χ4v) is 2.65. The molecule has 3 atom stereocenters. The molecule has 0 radical (unpaired) electrons. The predicted molar refractivity (Wildman–Crippen MR) is 64.3 cm³/mol. The number of amides is 1. The van der Waals surface area contributed by atoms with Crippen molar-refractivity contribution in [1.29, 1.82) is 0 Å². The molecule has 0 aromatic rings. The van der Waals surface area contributed by atoms with Gasteiger partial charge >= 0.3 is 0 Å². The Kier molecular flexibility index (Phi) is 3.82. The molecule has 0 bridgehead atoms. The van der Waals surface area contributed by atoms with Crippen molar-refractivity contribution in [3.63, 3.8) is 0 Å². The summed E-state index contributed by atoms with van der Waals surface area (Å²) in [5.41, 5.74) is 0. The summed E-state index contributed by atoms with van der Waals surface area (Å²) in [4.78, 5) is 13.5. The van der Waals surface area contributed by atoms with Crippen molar-refractivity contribution in [3.8, 4) is 0 Å². The molecule has 4 nitrogen and oxygen atoms in total. The zero-order valence-electron chi connectivity index (χ0n) is 10.3. The van der Waals surface area contributed by atoms with Gasteiger partial charge in [-0.1, -0.05) is 0 Å². The van der Waals surface area contributed by atoms with Gasteiger partial charge in [0.25, 0.3) is 0 Å². The van der Waals surface area contributed by atoms with Gasteiger partial charge in [-0.2, -0.15) is 0 Å². The van der Waals surface area contributed by atoms with E-state index in [1.807, 2.05) is 0 Å². The average Bonchev–Trinajstić information content (AvgIpc) is 2.27. The summed E-state index contributed by atoms with van der Waals surface area (Å²) in [5.74, 6) is 0.204. The van der Waals surface area contributed by atoms with Crippen LogP contribution in [0.1, 0.15) is 32.6 Å². The van der Waals surface area contributed by atoms with E-state index >= 15 is 0 Å². The first-order valence-electron chi connectivity index (χ1n) is 6.38. The maximum absolute atomic E-state index is 11.1. The number of piperidine rings is 2. The second-order valence-corrected chi connectivity index (χ2v) is 5.26. The summed E-state index contributed by atoms with van der Waals surface area (Å²) < 4.78 is 0. The van der Waals surface area contributed by atoms with Crippen LogP contribution in [0.25, 0.3) is 0 Å². The van der Waals surface area contributed by atoms with Crippen molar-refractivity contribution in [3.05, 3.63) is 0 Å². The van der Waals surface area contributed by atoms with Crippen molar-refractivity contribution in [2.24, 2.45) is 0 Å². The molecule has 2 saturated heterocycles. The zero-order valence-corrected chi connectivity index (χ0v) is 10.3. The quantitative estimate of drug-likeness (QED) is 0.712. The van der Waals surface area contributed by atoms with Crippen molar-refractivity contribution in [1.82, 2.24) is 15.5 Å². The molecule has 92 valence electrons. The molecule has 2 rings (SSSR count). The molecule has 16 heavy (non-hydrogen) atoms. The number of nitrogens with zero attached hydrogens (tertiary/aromatic N) is 1. The Morgan fingerprint density at radius 1 is 1.38 bits per heavy atom. The lowest BCUT2D eigenvalue weighted by molar-refractivity contribution is -0.122. The van der Waals surface area contributed by atoms with Crippen molar-refractivity contribution >= 4 is 5.91 Å². The normalized spacial score (nSPS) is 37.1. The summed E-state index contributed by atoms with van der Waals surface area (Å²) in [6.45, 7) is 4.27. The van der Waals surface area contributed by atoms with Crippen molar-refractivity contribution in [2.45, 2.75) is 50.7 Å². The lowest BCUT2D eigenvalue weighted by Gasteiger charge is -2.38. The van der Waals surface area contributed by atoms with Gasteiger partial charge < -0.3 is 15.5 Å². The molecule has 4 heteroatoms. The fraction of sp³-hybridized carbons (Fsp3) is 0.917. The van der Waals surface area contributed by atoms with Crippen LogP contribution >= 0.6 is 0 Å². The van der Waals surface area contributed by atoms with E-state index in [9.17, 15) is 4.79 Å². The second-order valence-electron chi connectivity index (χ2n) is 5.26. The maximum Gasteiger partial charge on any atom is 0.220 e. The average molecular weight is 225 g/mol. The van der Waals surface area contributed by atoms with E-state index in [1.54, 1.807) is 0 Å². The summed E-state index contributed by atoms with van der Waals surface area (Å²) in [7, 11) is 2.20. The third-order valence-electron chi connectivity index (χ3n) is 3.95. The molecule has 0 saturated carbocycles. The van der Waals surface area contributed by atoms with Gasteiger partial charge in [-0.05, 0) is 39.8 Å². The van der Waals surface area contributed by atoms with Gasteiger partial charge in [0.2, 0.25) is 5.91 Å². The maximum atomic E-state index is 11.1. The first-order valence-corrected chi connectivity index (χ1v) is 6.38. The van der Waals surface area contributed by atoms with E-state index in [4.69, 9.17) is 0 Å². The van der Waals surface area contributed by atoms with Crippen LogP contribution in [0, 0.1) is 0 Å². The van der Waals surface area contributed by atoms with Crippen LogP contribution in [0.5, 0.6) is 0 Å². The van der Waals surface area contributed by atoms with E-state index in [-0.39, 0.29) is 5.91 Å². The highest BCUT2D eigenvalue weighted by atomic mass is 16.1. The van der Waals surface area contributed by atoms with E-state index in [1.165, 1.54) is 19.4 Å². The summed E-state index contributed by atoms with van der Waals surface area (Å²) in [6.07, 6.45) is 4.12. The van der Waals surface area contributed by atoms with Gasteiger partial charge in [0.1, 0.15) is 0 Å². The highest BCUT2D eigenvalue weighted by molar-refractivity contribution is 5.76. The molecule has 2 aliphatic heterocycles. The third kappa shape index (κ3) is 2.95. The second kappa shape index (κ2) is 5.15. The molecule has 2 aliphatic rings. The van der Waals surface area contributed by atoms with Gasteiger partial charge in [0, 0.05) is 31.1 Å². The molecule has 2 fully saturated rings. The Morgan fingerprint density at radius 3 is 2.81 bits per heavy atom. The van der Waals surface area contributed by atoms with E-state index < -0.39 is 0 Å². The highest BCUT2D eigenvalue weighted by Crippen LogP contribution is 2.16. The molecule has 2 N–H and O–H groups in total. The van der Waals surface area contributed by atoms with Crippen LogP contribution in [0.4, 0.5) is 0 Å². The molecule has 0 aromatic carbocycles. The number of carbonyl (C=O) groups excluding carboxylic acids is 1. The number of hydrogen-bond acceptors (Lipinski definition) is 3. The Bertz CT molecular complexity index is 247. The van der Waals surface area contributed by atoms with Gasteiger partial charge in [0.15, 0.2) is 0 Å². The zero-order chi connectivity index (χ0) is 11.5. The van der Waals surface area contributed by atoms with Gasteiger partial charge in [-0.15, -0.1) is 0 Å². The fourth-order valence-electron chi connectivity index (χ4n) is 2.65. The van der Waals surface area contributed by atoms with Crippen LogP contribution in [0.2, 0.25) is 0 Å². The van der Waals surface area contributed by atoms with Crippen LogP contribution in [0.15, 0.2) is 0 Å². The molecule has 1 amide bonds. The van der Waals surface area contributed by atoms with Crippen molar-refractivity contribution < 1.29 is 4.79 Å². The number of carbonyl (C=O) groups is 1. The van der Waals surface area contributed by atoms with E-state index in [0.717, 1.165) is 13.0 Å². The SMILES string of the molecule is CC1CC(NC2CCC(=O)NC2)CCN1C. The predicted octanol–water partition coefficient (Wildman–Crippen LogP) is 0.337. The molecular formula is C12H23N3O. The minimum Gasteiger partial charge on any atom is -0.355 e. The first kappa shape index (κ1) is 11.9. The number of likely N-dealkylation sites (tertiary alicyclic amines) is 1. The largest absolute Gasteiger partial charge is 0.355 e. The van der Waals surface area contributed by atoms with Gasteiger partial charge in [-0.3, -0.25) is 4.79 Å². The number of nitrogens with one attached hydrogen (secondary N) is 2. The molecular weight excluding hydrogens is 202 g/mol. The number of hydrogen-bond donors (Lipinski definition) is 2. The Balaban J connectivity index is 1.75. The lowest BCUT2D eigenvalue weighted by atomic mass is 9.96. The Labute approximate surface area is 97.8 Å². The van der Waals surface area contributed by atoms with Crippen LogP contribution < -0.4 is 10.6 Å². The Hall–Kier alpha value is -0.610. The summed E-state index contributed by atoms with van der Waals surface area (Å²) >= 11 is 0. The minimum atomic E-state index is 0.204. The highest BCUT2D eigenvalue weighted by Gasteiger charge is 2.26. The van der Waals surface area contributed by atoms with Gasteiger partial charge in [-0.25, -0.2) is 0 Å². The van der Waals surface area contributed by atoms with Crippen LogP contribution in [-0.2, 0) is 4.79 Å². The summed E-state index contributed by atoms with van der Waals surface area (Å²) in [6, 6.07) is 1.79. The van der Waals surface area contributed by atoms with Gasteiger partial charge in [0.05, 0.1) is 0 Å². The molecule has 0 aliphatic carbocycles. The lowest BCUT2D eigenvalue weighted by Crippen LogP contribution is -2.53. The van der Waals surface area contributed by atoms with Crippen molar-refractivity contribution in [2.75, 3.05) is 20.1 Å². The monoisotopic (exact) mass is 225 g/mol. The molecule has 0 aromatic heterocycles. The van der Waals surface area contributed by atoms with Crippen LogP contribution in [0.3, 0.4) is 0 Å². The van der Waals surface area contributed by atoms with E-state index in [0.29, 0.717) is 24.5 Å². The smallest absolute Gasteiger partial charge is 0.220 e. The molecule has 3 unspecified atom stereocenters. The first-order chi connectivity index (χ1) is 7.65. The Morgan fingerprint density at radius 2 is 2.19 bits per heavy atom. The number of rotatable bonds is 2. The molecule has 0 spiro atoms.